The van der Waals surface area contributed by atoms with Gasteiger partial charge in [0.05, 0.1) is 11.3 Å². The van der Waals surface area contributed by atoms with Crippen molar-refractivity contribution in [1.82, 2.24) is 10.7 Å². The van der Waals surface area contributed by atoms with Gasteiger partial charge in [0.25, 0.3) is 5.91 Å². The molecular formula is C28H30N4O3S. The van der Waals surface area contributed by atoms with Gasteiger partial charge in [-0.2, -0.15) is 5.10 Å². The average molecular weight is 503 g/mol. The van der Waals surface area contributed by atoms with E-state index in [1.807, 2.05) is 66.0 Å². The maximum Gasteiger partial charge on any atom is 0.281 e. The molecule has 1 aliphatic rings. The number of carbonyl (C=O) groups is 3. The molecule has 0 radical (unpaired) electrons. The normalized spacial score (nSPS) is 14.8. The van der Waals surface area contributed by atoms with E-state index in [0.717, 1.165) is 31.2 Å². The lowest BCUT2D eigenvalue weighted by atomic mass is 9.94. The lowest BCUT2D eigenvalue weighted by Gasteiger charge is -2.33. The molecule has 1 atom stereocenters. The molecule has 2 N–H and O–H groups in total. The Hall–Kier alpha value is -3.78. The highest BCUT2D eigenvalue weighted by atomic mass is 32.1. The molecule has 1 unspecified atom stereocenters. The Morgan fingerprint density at radius 2 is 1.64 bits per heavy atom. The van der Waals surface area contributed by atoms with E-state index < -0.39 is 6.04 Å². The van der Waals surface area contributed by atoms with Crippen molar-refractivity contribution in [3.63, 3.8) is 0 Å². The molecule has 0 aliphatic heterocycles. The Balaban J connectivity index is 1.57. The highest BCUT2D eigenvalue weighted by Crippen LogP contribution is 2.29. The summed E-state index contributed by atoms with van der Waals surface area (Å²) in [5.41, 5.74) is 3.79. The Bertz CT molecular complexity index is 1160. The quantitative estimate of drug-likeness (QED) is 0.316. The van der Waals surface area contributed by atoms with Gasteiger partial charge < -0.3 is 5.32 Å². The molecule has 0 saturated heterocycles. The highest BCUT2D eigenvalue weighted by Gasteiger charge is 2.33. The molecule has 1 heterocycles. The molecule has 1 aliphatic carbocycles. The molecule has 1 fully saturated rings. The summed E-state index contributed by atoms with van der Waals surface area (Å²) >= 11 is 1.31. The number of carbonyl (C=O) groups excluding carboxylic acids is 3. The van der Waals surface area contributed by atoms with Crippen molar-refractivity contribution in [2.75, 3.05) is 4.90 Å². The molecule has 36 heavy (non-hydrogen) atoms. The van der Waals surface area contributed by atoms with Crippen LogP contribution in [0, 0.1) is 0 Å². The van der Waals surface area contributed by atoms with Crippen LogP contribution in [0.15, 0.2) is 83.3 Å². The summed E-state index contributed by atoms with van der Waals surface area (Å²) in [5, 5.41) is 8.95. The fraction of sp³-hybridized carbons (Fsp3) is 0.286. The van der Waals surface area contributed by atoms with Gasteiger partial charge in [0.1, 0.15) is 6.04 Å². The number of thiophene rings is 1. The highest BCUT2D eigenvalue weighted by molar-refractivity contribution is 7.12. The van der Waals surface area contributed by atoms with Gasteiger partial charge in [0, 0.05) is 17.9 Å². The molecule has 3 aromatic rings. The number of amides is 3. The van der Waals surface area contributed by atoms with Crippen LogP contribution < -0.4 is 15.6 Å². The summed E-state index contributed by atoms with van der Waals surface area (Å²) in [4.78, 5) is 41.4. The number of hydrogen-bond donors (Lipinski definition) is 2. The van der Waals surface area contributed by atoms with E-state index >= 15 is 0 Å². The van der Waals surface area contributed by atoms with E-state index in [0.29, 0.717) is 10.6 Å². The standard InChI is InChI=1S/C28H30N4O3S/c33-25(18-19-29-31-27(34)24-17-10-20-36-24)32(23-15-8-3-9-16-23)26(21-11-4-1-5-12-21)28(35)30-22-13-6-2-7-14-22/h1,3-5,8-12,15-17,19-20,22,26H,2,6-7,13-14,18H2,(H,30,35)(H,31,34)/b29-19+. The summed E-state index contributed by atoms with van der Waals surface area (Å²) in [6, 6.07) is 21.3. The first-order chi connectivity index (χ1) is 17.6. The summed E-state index contributed by atoms with van der Waals surface area (Å²) in [7, 11) is 0. The number of rotatable bonds is 9. The summed E-state index contributed by atoms with van der Waals surface area (Å²) < 4.78 is 0. The van der Waals surface area contributed by atoms with Crippen molar-refractivity contribution in [3.8, 4) is 0 Å². The first-order valence-electron chi connectivity index (χ1n) is 12.2. The van der Waals surface area contributed by atoms with Crippen molar-refractivity contribution >= 4 is 41.0 Å². The van der Waals surface area contributed by atoms with Gasteiger partial charge in [-0.3, -0.25) is 19.3 Å². The van der Waals surface area contributed by atoms with Gasteiger partial charge in [0.15, 0.2) is 0 Å². The van der Waals surface area contributed by atoms with Gasteiger partial charge in [-0.25, -0.2) is 5.43 Å². The predicted molar refractivity (Wildman–Crippen MR) is 143 cm³/mol. The van der Waals surface area contributed by atoms with E-state index in [4.69, 9.17) is 0 Å². The number of benzene rings is 2. The number of nitrogens with zero attached hydrogens (tertiary/aromatic N) is 2. The molecule has 3 amide bonds. The molecule has 0 spiro atoms. The van der Waals surface area contributed by atoms with Gasteiger partial charge in [-0.15, -0.1) is 11.3 Å². The summed E-state index contributed by atoms with van der Waals surface area (Å²) in [6.07, 6.45) is 6.55. The molecule has 0 bridgehead atoms. The van der Waals surface area contributed by atoms with Gasteiger partial charge in [0.2, 0.25) is 11.8 Å². The average Bonchev–Trinajstić information content (AvgIpc) is 3.46. The number of hydrogen-bond acceptors (Lipinski definition) is 5. The van der Waals surface area contributed by atoms with Crippen LogP contribution in [0.5, 0.6) is 0 Å². The fourth-order valence-electron chi connectivity index (χ4n) is 4.39. The van der Waals surface area contributed by atoms with E-state index in [-0.39, 0.29) is 30.2 Å². The van der Waals surface area contributed by atoms with Crippen LogP contribution in [0.1, 0.15) is 59.8 Å². The molecule has 2 aromatic carbocycles. The fourth-order valence-corrected chi connectivity index (χ4v) is 5.01. The SMILES string of the molecule is O=C(N/N=C/CC(=O)N(c1ccccc1)C(C(=O)NC1CCCCC1)c1ccccc1)c1cccs1. The minimum atomic E-state index is -0.836. The smallest absolute Gasteiger partial charge is 0.281 e. The first-order valence-corrected chi connectivity index (χ1v) is 13.1. The Morgan fingerprint density at radius 3 is 2.31 bits per heavy atom. The van der Waals surface area contributed by atoms with Crippen LogP contribution in [0.25, 0.3) is 0 Å². The third kappa shape index (κ3) is 6.66. The minimum Gasteiger partial charge on any atom is -0.351 e. The van der Waals surface area contributed by atoms with Gasteiger partial charge in [-0.1, -0.05) is 73.9 Å². The summed E-state index contributed by atoms with van der Waals surface area (Å²) in [5.74, 6) is -0.834. The van der Waals surface area contributed by atoms with Crippen molar-refractivity contribution in [3.05, 3.63) is 88.6 Å². The zero-order valence-electron chi connectivity index (χ0n) is 20.0. The van der Waals surface area contributed by atoms with Crippen LogP contribution in [-0.4, -0.2) is 30.0 Å². The number of anilines is 1. The lowest BCUT2D eigenvalue weighted by molar-refractivity contribution is -0.127. The molecule has 4 rings (SSSR count). The Kier molecular flexibility index (Phi) is 8.99. The van der Waals surface area contributed by atoms with Crippen LogP contribution in [0.4, 0.5) is 5.69 Å². The van der Waals surface area contributed by atoms with E-state index in [9.17, 15) is 14.4 Å². The molecule has 1 aromatic heterocycles. The maximum atomic E-state index is 13.7. The molecule has 7 nitrogen and oxygen atoms in total. The lowest BCUT2D eigenvalue weighted by Crippen LogP contribution is -2.47. The number of nitrogens with one attached hydrogen (secondary N) is 2. The predicted octanol–water partition coefficient (Wildman–Crippen LogP) is 5.08. The zero-order chi connectivity index (χ0) is 25.2. The number of hydrazone groups is 1. The molecular weight excluding hydrogens is 472 g/mol. The maximum absolute atomic E-state index is 13.7. The summed E-state index contributed by atoms with van der Waals surface area (Å²) in [6.45, 7) is 0. The third-order valence-electron chi connectivity index (χ3n) is 6.14. The van der Waals surface area contributed by atoms with E-state index in [2.05, 4.69) is 15.8 Å². The minimum absolute atomic E-state index is 0.0837. The van der Waals surface area contributed by atoms with Crippen molar-refractivity contribution < 1.29 is 14.4 Å². The van der Waals surface area contributed by atoms with Crippen LogP contribution in [0.3, 0.4) is 0 Å². The monoisotopic (exact) mass is 502 g/mol. The number of para-hydroxylation sites is 1. The first kappa shape index (κ1) is 25.3. The second-order valence-electron chi connectivity index (χ2n) is 8.69. The second-order valence-corrected chi connectivity index (χ2v) is 9.64. The van der Waals surface area contributed by atoms with Crippen molar-refractivity contribution in [1.29, 1.82) is 0 Å². The van der Waals surface area contributed by atoms with Crippen LogP contribution in [0.2, 0.25) is 0 Å². The van der Waals surface area contributed by atoms with E-state index in [1.54, 1.807) is 12.1 Å². The molecule has 186 valence electrons. The van der Waals surface area contributed by atoms with Crippen molar-refractivity contribution in [2.24, 2.45) is 5.10 Å². The van der Waals surface area contributed by atoms with Crippen molar-refractivity contribution in [2.45, 2.75) is 50.6 Å². The molecule has 8 heteroatoms. The van der Waals surface area contributed by atoms with Gasteiger partial charge in [-0.05, 0) is 42.0 Å². The van der Waals surface area contributed by atoms with Gasteiger partial charge >= 0.3 is 0 Å². The van der Waals surface area contributed by atoms with E-state index in [1.165, 1.54) is 28.9 Å². The largest absolute Gasteiger partial charge is 0.351 e. The topological polar surface area (TPSA) is 90.9 Å². The third-order valence-corrected chi connectivity index (χ3v) is 7.01. The molecule has 1 saturated carbocycles. The zero-order valence-corrected chi connectivity index (χ0v) is 20.8. The Labute approximate surface area is 215 Å². The van der Waals surface area contributed by atoms with Crippen LogP contribution >= 0.6 is 11.3 Å². The second kappa shape index (κ2) is 12.8. The van der Waals surface area contributed by atoms with Crippen LogP contribution in [-0.2, 0) is 9.59 Å². The Morgan fingerprint density at radius 1 is 0.944 bits per heavy atom.